The monoisotopic (exact) mass is 291 g/mol. The predicted molar refractivity (Wildman–Crippen MR) is 85.7 cm³/mol. The lowest BCUT2D eigenvalue weighted by Gasteiger charge is -2.06. The molecular formula is C18H17N3O. The highest BCUT2D eigenvalue weighted by Crippen LogP contribution is 2.31. The second kappa shape index (κ2) is 5.30. The van der Waals surface area contributed by atoms with E-state index in [1.807, 2.05) is 24.3 Å². The summed E-state index contributed by atoms with van der Waals surface area (Å²) < 4.78 is 0. The number of hydrogen-bond acceptors (Lipinski definition) is 2. The third kappa shape index (κ3) is 2.17. The van der Waals surface area contributed by atoms with Gasteiger partial charge in [0.1, 0.15) is 0 Å². The van der Waals surface area contributed by atoms with Crippen LogP contribution in [0.15, 0.2) is 42.7 Å². The van der Waals surface area contributed by atoms with Crippen LogP contribution < -0.4 is 5.32 Å². The van der Waals surface area contributed by atoms with E-state index < -0.39 is 0 Å². The summed E-state index contributed by atoms with van der Waals surface area (Å²) in [5, 5.41) is 4.17. The maximum atomic E-state index is 12.5. The summed E-state index contributed by atoms with van der Waals surface area (Å²) in [5.74, 6) is -0.0469. The van der Waals surface area contributed by atoms with Gasteiger partial charge in [0, 0.05) is 30.0 Å². The van der Waals surface area contributed by atoms with Crippen molar-refractivity contribution in [3.05, 3.63) is 65.1 Å². The van der Waals surface area contributed by atoms with Crippen LogP contribution in [0.25, 0.3) is 10.9 Å². The Balaban J connectivity index is 1.62. The van der Waals surface area contributed by atoms with Crippen LogP contribution >= 0.6 is 0 Å². The SMILES string of the molecule is O=C(NCc1cccnc1)c1cccc2c3c([nH]c12)CCC3. The third-order valence-corrected chi connectivity index (χ3v) is 4.30. The van der Waals surface area contributed by atoms with E-state index in [4.69, 9.17) is 0 Å². The molecule has 0 bridgehead atoms. The number of nitrogens with zero attached hydrogens (tertiary/aromatic N) is 1. The number of aryl methyl sites for hydroxylation is 2. The first-order valence-corrected chi connectivity index (χ1v) is 7.62. The van der Waals surface area contributed by atoms with Gasteiger partial charge in [-0.05, 0) is 42.5 Å². The minimum atomic E-state index is -0.0469. The predicted octanol–water partition coefficient (Wildman–Crippen LogP) is 2.98. The van der Waals surface area contributed by atoms with Gasteiger partial charge in [-0.25, -0.2) is 0 Å². The van der Waals surface area contributed by atoms with Gasteiger partial charge in [-0.15, -0.1) is 0 Å². The van der Waals surface area contributed by atoms with Gasteiger partial charge in [-0.2, -0.15) is 0 Å². The Morgan fingerprint density at radius 3 is 3.05 bits per heavy atom. The highest BCUT2D eigenvalue weighted by molar-refractivity contribution is 6.06. The zero-order valence-corrected chi connectivity index (χ0v) is 12.2. The molecule has 4 rings (SSSR count). The molecule has 0 fully saturated rings. The first-order valence-electron chi connectivity index (χ1n) is 7.62. The number of aromatic amines is 1. The minimum absolute atomic E-state index is 0.0469. The Morgan fingerprint density at radius 2 is 2.18 bits per heavy atom. The molecule has 4 heteroatoms. The normalized spacial score (nSPS) is 13.3. The number of nitrogens with one attached hydrogen (secondary N) is 2. The van der Waals surface area contributed by atoms with Gasteiger partial charge < -0.3 is 10.3 Å². The van der Waals surface area contributed by atoms with E-state index in [-0.39, 0.29) is 5.91 Å². The molecule has 3 aromatic rings. The van der Waals surface area contributed by atoms with Crippen LogP contribution in [0.2, 0.25) is 0 Å². The van der Waals surface area contributed by atoms with Crippen molar-refractivity contribution >= 4 is 16.8 Å². The Labute approximate surface area is 128 Å². The Kier molecular flexibility index (Phi) is 3.15. The number of rotatable bonds is 3. The molecule has 0 saturated carbocycles. The topological polar surface area (TPSA) is 57.8 Å². The molecular weight excluding hydrogens is 274 g/mol. The molecule has 0 radical (unpaired) electrons. The van der Waals surface area contributed by atoms with Crippen molar-refractivity contribution in [2.75, 3.05) is 0 Å². The lowest BCUT2D eigenvalue weighted by molar-refractivity contribution is 0.0952. The van der Waals surface area contributed by atoms with Crippen LogP contribution in [0.1, 0.15) is 33.6 Å². The van der Waals surface area contributed by atoms with Crippen LogP contribution in [-0.4, -0.2) is 15.9 Å². The van der Waals surface area contributed by atoms with Crippen LogP contribution in [0.4, 0.5) is 0 Å². The summed E-state index contributed by atoms with van der Waals surface area (Å²) in [7, 11) is 0. The molecule has 22 heavy (non-hydrogen) atoms. The van der Waals surface area contributed by atoms with Crippen LogP contribution in [-0.2, 0) is 19.4 Å². The molecule has 4 nitrogen and oxygen atoms in total. The fourth-order valence-corrected chi connectivity index (χ4v) is 3.24. The number of H-pyrrole nitrogens is 1. The van der Waals surface area contributed by atoms with Gasteiger partial charge in [0.2, 0.25) is 0 Å². The molecule has 1 aliphatic rings. The zero-order chi connectivity index (χ0) is 14.9. The molecule has 0 atom stereocenters. The molecule has 0 unspecified atom stereocenters. The van der Waals surface area contributed by atoms with Gasteiger partial charge in [-0.1, -0.05) is 18.2 Å². The number of aromatic nitrogens is 2. The minimum Gasteiger partial charge on any atom is -0.358 e. The lowest BCUT2D eigenvalue weighted by Crippen LogP contribution is -2.23. The van der Waals surface area contributed by atoms with Gasteiger partial charge in [-0.3, -0.25) is 9.78 Å². The second-order valence-electron chi connectivity index (χ2n) is 5.71. The number of para-hydroxylation sites is 1. The summed E-state index contributed by atoms with van der Waals surface area (Å²) >= 11 is 0. The van der Waals surface area contributed by atoms with Crippen LogP contribution in [0, 0.1) is 0 Å². The Hall–Kier alpha value is -2.62. The molecule has 110 valence electrons. The number of hydrogen-bond donors (Lipinski definition) is 2. The highest BCUT2D eigenvalue weighted by Gasteiger charge is 2.20. The van der Waals surface area contributed by atoms with E-state index in [1.54, 1.807) is 12.4 Å². The zero-order valence-electron chi connectivity index (χ0n) is 12.2. The molecule has 1 aliphatic carbocycles. The van der Waals surface area contributed by atoms with Gasteiger partial charge in [0.25, 0.3) is 5.91 Å². The molecule has 2 aromatic heterocycles. The largest absolute Gasteiger partial charge is 0.358 e. The van der Waals surface area contributed by atoms with Crippen molar-refractivity contribution in [1.82, 2.24) is 15.3 Å². The average molecular weight is 291 g/mol. The fraction of sp³-hybridized carbons (Fsp3) is 0.222. The van der Waals surface area contributed by atoms with E-state index in [1.165, 1.54) is 23.1 Å². The van der Waals surface area contributed by atoms with Gasteiger partial charge in [0.15, 0.2) is 0 Å². The number of pyridine rings is 1. The quantitative estimate of drug-likeness (QED) is 0.779. The molecule has 2 N–H and O–H groups in total. The summed E-state index contributed by atoms with van der Waals surface area (Å²) in [4.78, 5) is 20.0. The molecule has 0 saturated heterocycles. The molecule has 2 heterocycles. The van der Waals surface area contributed by atoms with Gasteiger partial charge >= 0.3 is 0 Å². The first-order chi connectivity index (χ1) is 10.8. The van der Waals surface area contributed by atoms with Crippen molar-refractivity contribution in [2.45, 2.75) is 25.8 Å². The Morgan fingerprint density at radius 1 is 1.23 bits per heavy atom. The molecule has 0 spiro atoms. The van der Waals surface area contributed by atoms with Crippen LogP contribution in [0.3, 0.4) is 0 Å². The summed E-state index contributed by atoms with van der Waals surface area (Å²) in [5.41, 5.74) is 5.36. The van der Waals surface area contributed by atoms with E-state index >= 15 is 0 Å². The summed E-state index contributed by atoms with van der Waals surface area (Å²) in [6.07, 6.45) is 6.89. The number of carbonyl (C=O) groups excluding carboxylic acids is 1. The number of fused-ring (bicyclic) bond motifs is 3. The van der Waals surface area contributed by atoms with Crippen LogP contribution in [0.5, 0.6) is 0 Å². The first kappa shape index (κ1) is 13.1. The Bertz CT molecular complexity index is 836. The third-order valence-electron chi connectivity index (χ3n) is 4.30. The fourth-order valence-electron chi connectivity index (χ4n) is 3.24. The van der Waals surface area contributed by atoms with Gasteiger partial charge in [0.05, 0.1) is 11.1 Å². The second-order valence-corrected chi connectivity index (χ2v) is 5.71. The lowest BCUT2D eigenvalue weighted by atomic mass is 10.1. The van der Waals surface area contributed by atoms with Crippen molar-refractivity contribution in [1.29, 1.82) is 0 Å². The molecule has 0 aliphatic heterocycles. The summed E-state index contributed by atoms with van der Waals surface area (Å²) in [6.45, 7) is 0.490. The summed E-state index contributed by atoms with van der Waals surface area (Å²) in [6, 6.07) is 9.78. The van der Waals surface area contributed by atoms with Crippen molar-refractivity contribution < 1.29 is 4.79 Å². The van der Waals surface area contributed by atoms with Crippen molar-refractivity contribution in [3.8, 4) is 0 Å². The van der Waals surface area contributed by atoms with E-state index in [0.717, 1.165) is 29.5 Å². The van der Waals surface area contributed by atoms with Crippen molar-refractivity contribution in [2.24, 2.45) is 0 Å². The highest BCUT2D eigenvalue weighted by atomic mass is 16.1. The molecule has 1 amide bonds. The number of carbonyl (C=O) groups is 1. The maximum Gasteiger partial charge on any atom is 0.253 e. The molecule has 1 aromatic carbocycles. The van der Waals surface area contributed by atoms with E-state index in [9.17, 15) is 4.79 Å². The van der Waals surface area contributed by atoms with E-state index in [0.29, 0.717) is 6.54 Å². The van der Waals surface area contributed by atoms with Crippen molar-refractivity contribution in [3.63, 3.8) is 0 Å². The number of amides is 1. The average Bonchev–Trinajstić information content (AvgIpc) is 3.14. The smallest absolute Gasteiger partial charge is 0.253 e. The van der Waals surface area contributed by atoms with E-state index in [2.05, 4.69) is 21.4 Å². The maximum absolute atomic E-state index is 12.5. The standard InChI is InChI=1S/C18H17N3O/c22-18(20-11-12-4-3-9-19-10-12)15-7-1-6-14-13-5-2-8-16(13)21-17(14)15/h1,3-4,6-7,9-10,21H,2,5,8,11H2,(H,20,22). The number of benzene rings is 1.